The van der Waals surface area contributed by atoms with E-state index >= 15 is 0 Å². The molecule has 0 unspecified atom stereocenters. The highest BCUT2D eigenvalue weighted by Crippen LogP contribution is 2.21. The van der Waals surface area contributed by atoms with Gasteiger partial charge in [-0.25, -0.2) is 4.39 Å². The number of halogens is 1. The summed E-state index contributed by atoms with van der Waals surface area (Å²) in [6.45, 7) is 9.22. The summed E-state index contributed by atoms with van der Waals surface area (Å²) in [4.78, 5) is 0. The molecule has 0 fully saturated rings. The molecule has 0 saturated heterocycles. The van der Waals surface area contributed by atoms with Crippen molar-refractivity contribution in [1.29, 1.82) is 0 Å². The maximum absolute atomic E-state index is 13.2. The van der Waals surface area contributed by atoms with Gasteiger partial charge in [0.05, 0.1) is 0 Å². The molecule has 1 aromatic carbocycles. The van der Waals surface area contributed by atoms with E-state index in [9.17, 15) is 4.39 Å². The molecule has 0 nitrogen and oxygen atoms in total. The van der Waals surface area contributed by atoms with Crippen molar-refractivity contribution in [3.63, 3.8) is 0 Å². The lowest BCUT2D eigenvalue weighted by atomic mass is 9.97. The molecule has 0 heterocycles. The van der Waals surface area contributed by atoms with Crippen molar-refractivity contribution >= 4 is 0 Å². The van der Waals surface area contributed by atoms with Crippen LogP contribution in [0.4, 0.5) is 4.39 Å². The third-order valence-electron chi connectivity index (χ3n) is 2.20. The molecule has 1 aromatic rings. The fraction of sp³-hybridized carbons (Fsp3) is 0.250. The van der Waals surface area contributed by atoms with Crippen LogP contribution in [0.3, 0.4) is 0 Å². The summed E-state index contributed by atoms with van der Waals surface area (Å²) >= 11 is 0. The number of aryl methyl sites for hydroxylation is 2. The zero-order valence-electron chi connectivity index (χ0n) is 8.32. The van der Waals surface area contributed by atoms with Crippen LogP contribution in [0.15, 0.2) is 24.8 Å². The van der Waals surface area contributed by atoms with Crippen LogP contribution >= 0.6 is 0 Å². The minimum absolute atomic E-state index is 0.111. The third kappa shape index (κ3) is 1.97. The van der Waals surface area contributed by atoms with Gasteiger partial charge in [-0.3, -0.25) is 0 Å². The van der Waals surface area contributed by atoms with Gasteiger partial charge in [0, 0.05) is 5.92 Å². The van der Waals surface area contributed by atoms with Crippen LogP contribution in [-0.4, -0.2) is 0 Å². The molecule has 0 atom stereocenters. The van der Waals surface area contributed by atoms with Crippen LogP contribution in [0.1, 0.15) is 23.6 Å². The summed E-state index contributed by atoms with van der Waals surface area (Å²) < 4.78 is 13.2. The molecule has 1 heteroatoms. The highest BCUT2D eigenvalue weighted by atomic mass is 19.1. The molecule has 1 radical (unpaired) electrons. The van der Waals surface area contributed by atoms with Gasteiger partial charge in [0.2, 0.25) is 0 Å². The highest BCUT2D eigenvalue weighted by Gasteiger charge is 2.07. The standard InChI is InChI=1S/C12H14F/c1-5-8(2)11-6-9(3)12(13)10(4)7-11/h5-7H,1H2,2-4H3. The summed E-state index contributed by atoms with van der Waals surface area (Å²) in [6, 6.07) is 3.69. The predicted molar refractivity (Wildman–Crippen MR) is 54.1 cm³/mol. The fourth-order valence-corrected chi connectivity index (χ4v) is 1.29. The SMILES string of the molecule is C=C[C](C)c1cc(C)c(F)c(C)c1. The molecule has 0 saturated carbocycles. The lowest BCUT2D eigenvalue weighted by Gasteiger charge is -2.09. The Morgan fingerprint density at radius 3 is 2.15 bits per heavy atom. The number of hydrogen-bond acceptors (Lipinski definition) is 0. The Morgan fingerprint density at radius 2 is 1.77 bits per heavy atom. The molecule has 0 spiro atoms. The summed E-state index contributed by atoms with van der Waals surface area (Å²) in [6.07, 6.45) is 1.78. The predicted octanol–water partition coefficient (Wildman–Crippen LogP) is 3.57. The van der Waals surface area contributed by atoms with Crippen molar-refractivity contribution in [1.82, 2.24) is 0 Å². The van der Waals surface area contributed by atoms with Gasteiger partial charge in [-0.1, -0.05) is 25.1 Å². The van der Waals surface area contributed by atoms with E-state index in [0.29, 0.717) is 11.1 Å². The van der Waals surface area contributed by atoms with Gasteiger partial charge >= 0.3 is 0 Å². The van der Waals surface area contributed by atoms with E-state index in [4.69, 9.17) is 0 Å². The topological polar surface area (TPSA) is 0 Å². The van der Waals surface area contributed by atoms with E-state index in [1.54, 1.807) is 19.9 Å². The van der Waals surface area contributed by atoms with Crippen molar-refractivity contribution in [3.05, 3.63) is 53.2 Å². The first-order valence-electron chi connectivity index (χ1n) is 4.29. The van der Waals surface area contributed by atoms with E-state index in [0.717, 1.165) is 11.5 Å². The summed E-state index contributed by atoms with van der Waals surface area (Å²) in [5.41, 5.74) is 2.43. The Bertz CT molecular complexity index is 303. The van der Waals surface area contributed by atoms with Crippen molar-refractivity contribution in [2.75, 3.05) is 0 Å². The largest absolute Gasteiger partial charge is 0.206 e. The van der Waals surface area contributed by atoms with Crippen LogP contribution in [-0.2, 0) is 0 Å². The molecule has 0 aliphatic rings. The maximum Gasteiger partial charge on any atom is 0.129 e. The molecule has 0 aromatic heterocycles. The Kier molecular flexibility index (Phi) is 2.86. The molecular formula is C12H14F. The molecule has 0 bridgehead atoms. The Labute approximate surface area is 79.1 Å². The molecule has 0 amide bonds. The van der Waals surface area contributed by atoms with Crippen LogP contribution in [0.2, 0.25) is 0 Å². The molecule has 0 N–H and O–H groups in total. The Balaban J connectivity index is 3.20. The molecule has 0 aliphatic heterocycles. The smallest absolute Gasteiger partial charge is 0.129 e. The van der Waals surface area contributed by atoms with Gasteiger partial charge in [-0.2, -0.15) is 0 Å². The van der Waals surface area contributed by atoms with Gasteiger partial charge in [0.15, 0.2) is 0 Å². The van der Waals surface area contributed by atoms with Gasteiger partial charge in [-0.05, 0) is 30.5 Å². The van der Waals surface area contributed by atoms with Crippen molar-refractivity contribution in [2.45, 2.75) is 20.8 Å². The second kappa shape index (κ2) is 3.73. The number of allylic oxidation sites excluding steroid dienone is 1. The van der Waals surface area contributed by atoms with Gasteiger partial charge in [0.25, 0.3) is 0 Å². The monoisotopic (exact) mass is 177 g/mol. The molecule has 1 rings (SSSR count). The number of hydrogen-bond donors (Lipinski definition) is 0. The van der Waals surface area contributed by atoms with Crippen LogP contribution in [0.25, 0.3) is 0 Å². The zero-order valence-corrected chi connectivity index (χ0v) is 8.32. The first-order valence-corrected chi connectivity index (χ1v) is 4.29. The minimum atomic E-state index is -0.111. The first kappa shape index (κ1) is 9.97. The van der Waals surface area contributed by atoms with Gasteiger partial charge in [-0.15, -0.1) is 6.58 Å². The van der Waals surface area contributed by atoms with Crippen LogP contribution in [0, 0.1) is 25.6 Å². The van der Waals surface area contributed by atoms with Gasteiger partial charge in [0.1, 0.15) is 5.82 Å². The van der Waals surface area contributed by atoms with Crippen molar-refractivity contribution in [2.24, 2.45) is 0 Å². The fourth-order valence-electron chi connectivity index (χ4n) is 1.29. The van der Waals surface area contributed by atoms with E-state index in [1.165, 1.54) is 0 Å². The summed E-state index contributed by atoms with van der Waals surface area (Å²) in [7, 11) is 0. The third-order valence-corrected chi connectivity index (χ3v) is 2.20. The second-order valence-corrected chi connectivity index (χ2v) is 3.31. The second-order valence-electron chi connectivity index (χ2n) is 3.31. The normalized spacial score (nSPS) is 10.5. The highest BCUT2D eigenvalue weighted by molar-refractivity contribution is 5.41. The maximum atomic E-state index is 13.2. The van der Waals surface area contributed by atoms with E-state index in [-0.39, 0.29) is 5.82 Å². The van der Waals surface area contributed by atoms with E-state index in [2.05, 4.69) is 6.58 Å². The first-order chi connectivity index (χ1) is 6.06. The van der Waals surface area contributed by atoms with Gasteiger partial charge < -0.3 is 0 Å². The minimum Gasteiger partial charge on any atom is -0.206 e. The lowest BCUT2D eigenvalue weighted by molar-refractivity contribution is 0.608. The zero-order chi connectivity index (χ0) is 10.0. The molecule has 0 aliphatic carbocycles. The van der Waals surface area contributed by atoms with E-state index in [1.807, 2.05) is 19.1 Å². The lowest BCUT2D eigenvalue weighted by Crippen LogP contribution is -1.95. The number of rotatable bonds is 2. The van der Waals surface area contributed by atoms with Crippen molar-refractivity contribution in [3.8, 4) is 0 Å². The summed E-state index contributed by atoms with van der Waals surface area (Å²) in [5, 5.41) is 0. The average molecular weight is 177 g/mol. The van der Waals surface area contributed by atoms with E-state index < -0.39 is 0 Å². The summed E-state index contributed by atoms with van der Waals surface area (Å²) in [5.74, 6) is 0.965. The average Bonchev–Trinajstić information content (AvgIpc) is 2.12. The van der Waals surface area contributed by atoms with Crippen molar-refractivity contribution < 1.29 is 4.39 Å². The molecular weight excluding hydrogens is 163 g/mol. The number of benzene rings is 1. The van der Waals surface area contributed by atoms with Crippen LogP contribution in [0.5, 0.6) is 0 Å². The molecule has 69 valence electrons. The molecule has 13 heavy (non-hydrogen) atoms. The van der Waals surface area contributed by atoms with Crippen LogP contribution < -0.4 is 0 Å². The Morgan fingerprint density at radius 1 is 1.31 bits per heavy atom. The Hall–Kier alpha value is -1.11. The quantitative estimate of drug-likeness (QED) is 0.647.